The van der Waals surface area contributed by atoms with Crippen molar-refractivity contribution in [3.05, 3.63) is 12.2 Å². The van der Waals surface area contributed by atoms with E-state index in [4.69, 9.17) is 23.7 Å². The average Bonchev–Trinajstić information content (AvgIpc) is 3.13. The van der Waals surface area contributed by atoms with Gasteiger partial charge in [0.05, 0.1) is 34.3 Å². The van der Waals surface area contributed by atoms with Crippen molar-refractivity contribution >= 4 is 29.8 Å². The highest BCUT2D eigenvalue weighted by molar-refractivity contribution is 5.72. The monoisotopic (exact) mass is 913 g/mol. The number of carbonyl (C=O) groups is 5. The van der Waals surface area contributed by atoms with Crippen LogP contribution in [-0.4, -0.2) is 130 Å². The Bertz CT molecular complexity index is 1190. The van der Waals surface area contributed by atoms with E-state index in [9.17, 15) is 29.1 Å². The molecule has 0 bridgehead atoms. The van der Waals surface area contributed by atoms with Gasteiger partial charge in [0.15, 0.2) is 13.1 Å². The lowest BCUT2D eigenvalue weighted by atomic mass is 10.0. The van der Waals surface area contributed by atoms with Crippen molar-refractivity contribution in [2.24, 2.45) is 0 Å². The van der Waals surface area contributed by atoms with Crippen LogP contribution in [0, 0.1) is 0 Å². The van der Waals surface area contributed by atoms with E-state index < -0.39 is 24.5 Å². The maximum absolute atomic E-state index is 12.9. The number of likely N-dealkylation sites (N-methyl/N-ethyl adjacent to an activating group) is 2. The molecule has 0 fully saturated rings. The first-order valence-electron chi connectivity index (χ1n) is 22.8. The Morgan fingerprint density at radius 2 is 0.967 bits per heavy atom. The first-order valence-corrected chi connectivity index (χ1v) is 22.8. The lowest BCUT2D eigenvalue weighted by Gasteiger charge is -2.30. The topological polar surface area (TPSA) is 152 Å². The molecule has 360 valence electrons. The van der Waals surface area contributed by atoms with Crippen LogP contribution >= 0.6 is 0 Å². The fourth-order valence-electron chi connectivity index (χ4n) is 6.58. The van der Waals surface area contributed by atoms with E-state index in [1.807, 2.05) is 34.3 Å². The number of quaternary nitrogens is 2. The SMILES string of the molecule is CCCCCCCCCCCC(OC(=O)CCCCCCCC=CCC(O)C(CCCCC)OC(=O)C[N+](C)(C)CCOC(C)=O)OC(=O)C[N+](C)(C)CCOC(C)=O.[Cl-].[Cl-]. The number of aliphatic hydroxyl groups is 1. The van der Waals surface area contributed by atoms with Crippen LogP contribution in [0.1, 0.15) is 169 Å². The Labute approximate surface area is 382 Å². The zero-order valence-corrected chi connectivity index (χ0v) is 40.9. The molecule has 0 rings (SSSR count). The molecule has 0 aromatic heterocycles. The quantitative estimate of drug-likeness (QED) is 0.0243. The predicted molar refractivity (Wildman–Crippen MR) is 231 cm³/mol. The molecule has 0 heterocycles. The molecule has 0 saturated heterocycles. The maximum atomic E-state index is 12.9. The molecule has 0 aromatic carbocycles. The molecule has 0 radical (unpaired) electrons. The molecule has 0 aliphatic carbocycles. The summed E-state index contributed by atoms with van der Waals surface area (Å²) in [6.45, 7) is 8.58. The number of ether oxygens (including phenoxy) is 5. The van der Waals surface area contributed by atoms with Crippen molar-refractivity contribution in [1.29, 1.82) is 0 Å². The number of hydrogen-bond donors (Lipinski definition) is 1. The number of carbonyl (C=O) groups excluding carboxylic acids is 5. The zero-order valence-electron chi connectivity index (χ0n) is 39.4. The van der Waals surface area contributed by atoms with Gasteiger partial charge in [0.1, 0.15) is 32.4 Å². The van der Waals surface area contributed by atoms with Gasteiger partial charge in [-0.1, -0.05) is 109 Å². The molecule has 1 N–H and O–H groups in total. The Morgan fingerprint density at radius 3 is 1.49 bits per heavy atom. The van der Waals surface area contributed by atoms with Gasteiger partial charge in [0.2, 0.25) is 6.29 Å². The second kappa shape index (κ2) is 39.2. The van der Waals surface area contributed by atoms with Gasteiger partial charge in [-0.25, -0.2) is 9.59 Å². The molecule has 0 spiro atoms. The second-order valence-electron chi connectivity index (χ2n) is 17.4. The first-order chi connectivity index (χ1) is 28.0. The van der Waals surface area contributed by atoms with E-state index in [2.05, 4.69) is 19.9 Å². The van der Waals surface area contributed by atoms with Gasteiger partial charge in [0.25, 0.3) is 0 Å². The van der Waals surface area contributed by atoms with E-state index >= 15 is 0 Å². The van der Waals surface area contributed by atoms with Gasteiger partial charge < -0.3 is 62.6 Å². The minimum atomic E-state index is -0.909. The van der Waals surface area contributed by atoms with Crippen LogP contribution < -0.4 is 24.8 Å². The molecule has 0 amide bonds. The van der Waals surface area contributed by atoms with Crippen LogP contribution in [0.3, 0.4) is 0 Å². The van der Waals surface area contributed by atoms with Crippen molar-refractivity contribution in [1.82, 2.24) is 0 Å². The highest BCUT2D eigenvalue weighted by atomic mass is 35.5. The largest absolute Gasteiger partial charge is 1.00 e. The molecule has 3 atom stereocenters. The Kier molecular flexibility index (Phi) is 40.3. The third kappa shape index (κ3) is 40.1. The molecule has 0 aromatic rings. The van der Waals surface area contributed by atoms with Gasteiger partial charge in [-0.15, -0.1) is 0 Å². The number of nitrogens with zero attached hydrogens (tertiary/aromatic N) is 2. The highest BCUT2D eigenvalue weighted by Crippen LogP contribution is 2.18. The molecule has 3 unspecified atom stereocenters. The maximum Gasteiger partial charge on any atom is 0.364 e. The Balaban J connectivity index is -0.0000168. The van der Waals surface area contributed by atoms with Crippen LogP contribution in [0.15, 0.2) is 12.2 Å². The summed E-state index contributed by atoms with van der Waals surface area (Å²) in [5.74, 6) is -1.90. The van der Waals surface area contributed by atoms with E-state index in [1.54, 1.807) is 0 Å². The van der Waals surface area contributed by atoms with E-state index in [1.165, 1.54) is 52.4 Å². The molecular formula is C46H86Cl2N2O11. The molecular weight excluding hydrogens is 827 g/mol. The van der Waals surface area contributed by atoms with Crippen molar-refractivity contribution in [3.8, 4) is 0 Å². The van der Waals surface area contributed by atoms with Crippen LogP contribution in [-0.2, 0) is 47.7 Å². The van der Waals surface area contributed by atoms with Gasteiger partial charge in [-0.2, -0.15) is 0 Å². The summed E-state index contributed by atoms with van der Waals surface area (Å²) in [5.41, 5.74) is 0. The Hall–Kier alpha value is -2.45. The van der Waals surface area contributed by atoms with Crippen LogP contribution in [0.25, 0.3) is 0 Å². The predicted octanol–water partition coefficient (Wildman–Crippen LogP) is 2.14. The normalized spacial score (nSPS) is 13.0. The van der Waals surface area contributed by atoms with Crippen molar-refractivity contribution in [2.75, 3.05) is 67.6 Å². The Morgan fingerprint density at radius 1 is 0.541 bits per heavy atom. The number of hydrogen-bond acceptors (Lipinski definition) is 11. The molecule has 61 heavy (non-hydrogen) atoms. The van der Waals surface area contributed by atoms with Gasteiger partial charge in [-0.05, 0) is 44.9 Å². The number of unbranched alkanes of at least 4 members (excludes halogenated alkanes) is 15. The average molecular weight is 914 g/mol. The van der Waals surface area contributed by atoms with Crippen molar-refractivity contribution in [2.45, 2.75) is 187 Å². The summed E-state index contributed by atoms with van der Waals surface area (Å²) in [5, 5.41) is 10.9. The number of rotatable bonds is 38. The van der Waals surface area contributed by atoms with E-state index in [0.29, 0.717) is 43.3 Å². The van der Waals surface area contributed by atoms with Crippen LogP contribution in [0.4, 0.5) is 0 Å². The second-order valence-corrected chi connectivity index (χ2v) is 17.4. The molecule has 15 heteroatoms. The lowest BCUT2D eigenvalue weighted by molar-refractivity contribution is -0.883. The summed E-state index contributed by atoms with van der Waals surface area (Å²) >= 11 is 0. The highest BCUT2D eigenvalue weighted by Gasteiger charge is 2.28. The van der Waals surface area contributed by atoms with Gasteiger partial charge in [0, 0.05) is 26.7 Å². The number of halogens is 2. The van der Waals surface area contributed by atoms with Crippen LogP contribution in [0.5, 0.6) is 0 Å². The van der Waals surface area contributed by atoms with E-state index in [0.717, 1.165) is 70.6 Å². The molecule has 0 saturated carbocycles. The third-order valence-corrected chi connectivity index (χ3v) is 10.3. The number of allylic oxidation sites excluding steroid dienone is 1. The minimum absolute atomic E-state index is 0. The first kappa shape index (κ1) is 62.8. The standard InChI is InChI=1S/C46H86N2O11.2ClH/c1-9-11-13-14-15-16-21-24-28-32-46(59-45(54)38-48(7,8)34-36-56-40(4)50)58-43(52)31-27-23-20-18-17-19-22-26-29-41(51)42(30-25-12-10-2)57-44(53)37-47(5,6)33-35-55-39(3)49;;/h22,26,41-42,46,51H,9-21,23-25,27-38H2,1-8H3;2*1H/q+2;;/p-2. The smallest absolute Gasteiger partial charge is 0.364 e. The molecule has 13 nitrogen and oxygen atoms in total. The minimum Gasteiger partial charge on any atom is -1.00 e. The van der Waals surface area contributed by atoms with Gasteiger partial charge in [-0.3, -0.25) is 14.4 Å². The zero-order chi connectivity index (χ0) is 44.4. The summed E-state index contributed by atoms with van der Waals surface area (Å²) in [6, 6.07) is 0. The summed E-state index contributed by atoms with van der Waals surface area (Å²) in [6.07, 6.45) is 22.2. The summed E-state index contributed by atoms with van der Waals surface area (Å²) < 4.78 is 27.8. The molecule has 0 aliphatic heterocycles. The summed E-state index contributed by atoms with van der Waals surface area (Å²) in [7, 11) is 7.48. The third-order valence-electron chi connectivity index (χ3n) is 10.3. The lowest BCUT2D eigenvalue weighted by Crippen LogP contribution is -3.00. The number of esters is 5. The fraction of sp³-hybridized carbons (Fsp3) is 0.848. The van der Waals surface area contributed by atoms with Crippen molar-refractivity contribution in [3.63, 3.8) is 0 Å². The fourth-order valence-corrected chi connectivity index (χ4v) is 6.58. The summed E-state index contributed by atoms with van der Waals surface area (Å²) in [4.78, 5) is 60.7. The molecule has 0 aliphatic rings. The van der Waals surface area contributed by atoms with Crippen molar-refractivity contribution < 1.29 is 86.5 Å². The van der Waals surface area contributed by atoms with Gasteiger partial charge >= 0.3 is 29.8 Å². The number of aliphatic hydroxyl groups excluding tert-OH is 1. The van der Waals surface area contributed by atoms with E-state index in [-0.39, 0.29) is 85.9 Å². The van der Waals surface area contributed by atoms with Crippen LogP contribution in [0.2, 0.25) is 0 Å².